The van der Waals surface area contributed by atoms with E-state index >= 15 is 0 Å². The number of ether oxygens (including phenoxy) is 1. The molecule has 1 aliphatic heterocycles. The van der Waals surface area contributed by atoms with Crippen LogP contribution in [0.3, 0.4) is 0 Å². The number of aromatic nitrogens is 1. The topological polar surface area (TPSA) is 34.2 Å². The molecule has 2 rings (SSSR count). The molecule has 16 heavy (non-hydrogen) atoms. The molecule has 3 nitrogen and oxygen atoms in total. The van der Waals surface area contributed by atoms with Gasteiger partial charge in [0.05, 0.1) is 18.0 Å². The summed E-state index contributed by atoms with van der Waals surface area (Å²) in [5.41, 5.74) is 2.18. The summed E-state index contributed by atoms with van der Waals surface area (Å²) >= 11 is 0. The molecular formula is C13H20N2O. The fourth-order valence-electron chi connectivity index (χ4n) is 2.08. The Kier molecular flexibility index (Phi) is 3.78. The lowest BCUT2D eigenvalue weighted by molar-refractivity contribution is 0.00925. The van der Waals surface area contributed by atoms with Crippen molar-refractivity contribution in [3.8, 4) is 0 Å². The Morgan fingerprint density at radius 3 is 3.06 bits per heavy atom. The van der Waals surface area contributed by atoms with Gasteiger partial charge in [-0.05, 0) is 38.3 Å². The first-order chi connectivity index (χ1) is 7.78. The van der Waals surface area contributed by atoms with Crippen molar-refractivity contribution in [1.29, 1.82) is 0 Å². The van der Waals surface area contributed by atoms with Crippen LogP contribution in [0, 0.1) is 6.92 Å². The first kappa shape index (κ1) is 11.4. The summed E-state index contributed by atoms with van der Waals surface area (Å²) in [5.74, 6) is 0. The molecule has 1 aromatic heterocycles. The molecule has 2 unspecified atom stereocenters. The van der Waals surface area contributed by atoms with E-state index in [0.29, 0.717) is 12.1 Å². The second-order valence-electron chi connectivity index (χ2n) is 4.45. The van der Waals surface area contributed by atoms with Crippen molar-refractivity contribution < 1.29 is 4.74 Å². The van der Waals surface area contributed by atoms with Crippen LogP contribution in [0.2, 0.25) is 0 Å². The molecule has 1 N–H and O–H groups in total. The molecule has 1 fully saturated rings. The van der Waals surface area contributed by atoms with Gasteiger partial charge in [-0.15, -0.1) is 0 Å². The first-order valence-corrected chi connectivity index (χ1v) is 6.08. The van der Waals surface area contributed by atoms with Crippen molar-refractivity contribution in [3.63, 3.8) is 0 Å². The number of nitrogens with zero attached hydrogens (tertiary/aromatic N) is 1. The van der Waals surface area contributed by atoms with Gasteiger partial charge < -0.3 is 10.1 Å². The normalized spacial score (nSPS) is 25.4. The van der Waals surface area contributed by atoms with E-state index in [1.165, 1.54) is 0 Å². The van der Waals surface area contributed by atoms with Gasteiger partial charge in [0.2, 0.25) is 0 Å². The molecule has 0 amide bonds. The predicted molar refractivity (Wildman–Crippen MR) is 65.6 cm³/mol. The predicted octanol–water partition coefficient (Wildman–Crippen LogP) is 2.76. The smallest absolute Gasteiger partial charge is 0.0592 e. The van der Waals surface area contributed by atoms with Crippen LogP contribution in [0.1, 0.15) is 31.9 Å². The van der Waals surface area contributed by atoms with Gasteiger partial charge in [-0.1, -0.05) is 6.92 Å². The summed E-state index contributed by atoms with van der Waals surface area (Å²) in [4.78, 5) is 4.29. The zero-order valence-electron chi connectivity index (χ0n) is 10.1. The summed E-state index contributed by atoms with van der Waals surface area (Å²) in [6.07, 6.45) is 5.62. The molecular weight excluding hydrogens is 200 g/mol. The molecule has 0 saturated carbocycles. The number of hydrogen-bond acceptors (Lipinski definition) is 3. The summed E-state index contributed by atoms with van der Waals surface area (Å²) in [6.45, 7) is 5.06. The van der Waals surface area contributed by atoms with E-state index in [1.807, 2.05) is 19.2 Å². The van der Waals surface area contributed by atoms with E-state index in [4.69, 9.17) is 4.74 Å². The quantitative estimate of drug-likeness (QED) is 0.850. The largest absolute Gasteiger partial charge is 0.381 e. The molecule has 2 atom stereocenters. The van der Waals surface area contributed by atoms with Crippen LogP contribution in [0.15, 0.2) is 18.3 Å². The number of nitrogens with one attached hydrogen (secondary N) is 1. The Morgan fingerprint density at radius 2 is 2.38 bits per heavy atom. The first-order valence-electron chi connectivity index (χ1n) is 6.08. The highest BCUT2D eigenvalue weighted by atomic mass is 16.5. The molecule has 1 aromatic rings. The average molecular weight is 220 g/mol. The number of anilines is 1. The van der Waals surface area contributed by atoms with Crippen molar-refractivity contribution in [1.82, 2.24) is 4.98 Å². The van der Waals surface area contributed by atoms with Crippen molar-refractivity contribution in [3.05, 3.63) is 24.0 Å². The number of aryl methyl sites for hydroxylation is 1. The number of hydrogen-bond donors (Lipinski definition) is 1. The summed E-state index contributed by atoms with van der Waals surface area (Å²) in [7, 11) is 0. The van der Waals surface area contributed by atoms with Crippen molar-refractivity contribution in [2.75, 3.05) is 11.9 Å². The van der Waals surface area contributed by atoms with Gasteiger partial charge in [-0.25, -0.2) is 0 Å². The standard InChI is InChI=1S/C13H20N2O/c1-3-13-8-11(6-7-16-13)15-12-5-4-10(2)14-9-12/h4-5,9,11,13,15H,3,6-8H2,1-2H3. The maximum Gasteiger partial charge on any atom is 0.0592 e. The molecule has 2 heterocycles. The molecule has 0 aliphatic carbocycles. The van der Waals surface area contributed by atoms with Gasteiger partial charge in [0.25, 0.3) is 0 Å². The number of rotatable bonds is 3. The minimum atomic E-state index is 0.421. The van der Waals surface area contributed by atoms with Crippen LogP contribution in [0.5, 0.6) is 0 Å². The lowest BCUT2D eigenvalue weighted by atomic mass is 10.0. The van der Waals surface area contributed by atoms with E-state index in [2.05, 4.69) is 23.3 Å². The third kappa shape index (κ3) is 2.95. The maximum atomic E-state index is 5.66. The molecule has 0 spiro atoms. The molecule has 0 aromatic carbocycles. The zero-order chi connectivity index (χ0) is 11.4. The highest BCUT2D eigenvalue weighted by Crippen LogP contribution is 2.20. The van der Waals surface area contributed by atoms with Crippen LogP contribution in [-0.2, 0) is 4.74 Å². The summed E-state index contributed by atoms with van der Waals surface area (Å²) < 4.78 is 5.66. The molecule has 0 bridgehead atoms. The molecule has 88 valence electrons. The monoisotopic (exact) mass is 220 g/mol. The number of pyridine rings is 1. The Bertz CT molecular complexity index is 323. The van der Waals surface area contributed by atoms with Gasteiger partial charge in [0.1, 0.15) is 0 Å². The van der Waals surface area contributed by atoms with E-state index in [0.717, 1.165) is 37.3 Å². The van der Waals surface area contributed by atoms with E-state index in [1.54, 1.807) is 0 Å². The van der Waals surface area contributed by atoms with Crippen molar-refractivity contribution >= 4 is 5.69 Å². The fraction of sp³-hybridized carbons (Fsp3) is 0.615. The fourth-order valence-corrected chi connectivity index (χ4v) is 2.08. The SMILES string of the molecule is CCC1CC(Nc2ccc(C)nc2)CCO1. The van der Waals surface area contributed by atoms with Gasteiger partial charge in [-0.3, -0.25) is 4.98 Å². The molecule has 0 radical (unpaired) electrons. The Balaban J connectivity index is 1.91. The van der Waals surface area contributed by atoms with Crippen LogP contribution in [0.25, 0.3) is 0 Å². The Hall–Kier alpha value is -1.09. The minimum absolute atomic E-state index is 0.421. The summed E-state index contributed by atoms with van der Waals surface area (Å²) in [5, 5.41) is 3.53. The van der Waals surface area contributed by atoms with E-state index in [-0.39, 0.29) is 0 Å². The third-order valence-corrected chi connectivity index (χ3v) is 3.10. The zero-order valence-corrected chi connectivity index (χ0v) is 10.1. The van der Waals surface area contributed by atoms with Gasteiger partial charge >= 0.3 is 0 Å². The highest BCUT2D eigenvalue weighted by Gasteiger charge is 2.20. The van der Waals surface area contributed by atoms with Crippen molar-refractivity contribution in [2.24, 2.45) is 0 Å². The summed E-state index contributed by atoms with van der Waals surface area (Å²) in [6, 6.07) is 4.67. The van der Waals surface area contributed by atoms with Crippen LogP contribution < -0.4 is 5.32 Å². The van der Waals surface area contributed by atoms with E-state index in [9.17, 15) is 0 Å². The minimum Gasteiger partial charge on any atom is -0.381 e. The Labute approximate surface area is 97.2 Å². The van der Waals surface area contributed by atoms with Crippen LogP contribution in [-0.4, -0.2) is 23.7 Å². The molecule has 1 saturated heterocycles. The lowest BCUT2D eigenvalue weighted by Gasteiger charge is -2.30. The van der Waals surface area contributed by atoms with Crippen molar-refractivity contribution in [2.45, 2.75) is 45.3 Å². The second kappa shape index (κ2) is 5.30. The average Bonchev–Trinajstić information content (AvgIpc) is 2.32. The maximum absolute atomic E-state index is 5.66. The highest BCUT2D eigenvalue weighted by molar-refractivity contribution is 5.41. The molecule has 3 heteroatoms. The Morgan fingerprint density at radius 1 is 1.50 bits per heavy atom. The second-order valence-corrected chi connectivity index (χ2v) is 4.45. The van der Waals surface area contributed by atoms with Gasteiger partial charge in [0.15, 0.2) is 0 Å². The molecule has 1 aliphatic rings. The van der Waals surface area contributed by atoms with Gasteiger partial charge in [-0.2, -0.15) is 0 Å². The third-order valence-electron chi connectivity index (χ3n) is 3.10. The van der Waals surface area contributed by atoms with E-state index < -0.39 is 0 Å². The van der Waals surface area contributed by atoms with Crippen LogP contribution in [0.4, 0.5) is 5.69 Å². The van der Waals surface area contributed by atoms with Gasteiger partial charge in [0, 0.05) is 18.3 Å². The van der Waals surface area contributed by atoms with Crippen LogP contribution >= 0.6 is 0 Å². The lowest BCUT2D eigenvalue weighted by Crippen LogP contribution is -2.33.